The molecular weight excluding hydrogens is 302 g/mol. The molecule has 0 radical (unpaired) electrons. The monoisotopic (exact) mass is 339 g/mol. The van der Waals surface area contributed by atoms with E-state index in [1.54, 1.807) is 4.90 Å². The van der Waals surface area contributed by atoms with Crippen LogP contribution in [-0.4, -0.2) is 34.5 Å². The summed E-state index contributed by atoms with van der Waals surface area (Å²) in [6.07, 6.45) is 17.2. The zero-order chi connectivity index (χ0) is 17.6. The number of amides is 1. The van der Waals surface area contributed by atoms with Crippen LogP contribution in [0.25, 0.3) is 0 Å². The lowest BCUT2D eigenvalue weighted by molar-refractivity contribution is -0.153. The molecule has 0 aliphatic carbocycles. The molecule has 0 saturated carbocycles. The lowest BCUT2D eigenvalue weighted by Gasteiger charge is -2.32. The summed E-state index contributed by atoms with van der Waals surface area (Å²) in [6, 6.07) is -0.584. The zero-order valence-electron chi connectivity index (χ0n) is 15.6. The van der Waals surface area contributed by atoms with Crippen molar-refractivity contribution >= 4 is 11.9 Å². The molecule has 140 valence electrons. The van der Waals surface area contributed by atoms with Crippen molar-refractivity contribution in [1.29, 1.82) is 0 Å². The van der Waals surface area contributed by atoms with E-state index < -0.39 is 12.0 Å². The number of unbranched alkanes of at least 4 members (excludes halogenated alkanes) is 11. The molecule has 4 heteroatoms. The highest BCUT2D eigenvalue weighted by atomic mass is 16.4. The van der Waals surface area contributed by atoms with E-state index in [0.717, 1.165) is 12.8 Å². The smallest absolute Gasteiger partial charge is 0.326 e. The summed E-state index contributed by atoms with van der Waals surface area (Å²) in [6.45, 7) is 2.87. The Hall–Kier alpha value is -1.06. The van der Waals surface area contributed by atoms with Gasteiger partial charge in [0.15, 0.2) is 0 Å². The van der Waals surface area contributed by atoms with E-state index in [0.29, 0.717) is 25.8 Å². The van der Waals surface area contributed by atoms with Gasteiger partial charge in [0.1, 0.15) is 6.04 Å². The van der Waals surface area contributed by atoms with Crippen molar-refractivity contribution in [2.45, 2.75) is 109 Å². The molecule has 1 amide bonds. The first-order chi connectivity index (χ1) is 11.7. The Morgan fingerprint density at radius 2 is 1.46 bits per heavy atom. The third-order valence-electron chi connectivity index (χ3n) is 5.10. The van der Waals surface area contributed by atoms with Crippen LogP contribution in [0.4, 0.5) is 0 Å². The summed E-state index contributed by atoms with van der Waals surface area (Å²) >= 11 is 0. The number of likely N-dealkylation sites (tertiary alicyclic amines) is 1. The molecule has 24 heavy (non-hydrogen) atoms. The molecule has 1 fully saturated rings. The van der Waals surface area contributed by atoms with Crippen molar-refractivity contribution in [2.75, 3.05) is 6.54 Å². The predicted molar refractivity (Wildman–Crippen MR) is 98.1 cm³/mol. The van der Waals surface area contributed by atoms with Gasteiger partial charge in [0.25, 0.3) is 0 Å². The Labute approximate surface area is 148 Å². The maximum atomic E-state index is 11.9. The number of piperidine rings is 1. The number of carbonyl (C=O) groups excluding carboxylic acids is 1. The molecule has 4 nitrogen and oxygen atoms in total. The molecule has 0 aromatic heterocycles. The minimum Gasteiger partial charge on any atom is -0.480 e. The van der Waals surface area contributed by atoms with Crippen molar-refractivity contribution in [1.82, 2.24) is 4.90 Å². The van der Waals surface area contributed by atoms with Crippen molar-refractivity contribution < 1.29 is 14.7 Å². The summed E-state index contributed by atoms with van der Waals surface area (Å²) in [5.41, 5.74) is 0. The van der Waals surface area contributed by atoms with Gasteiger partial charge in [-0.2, -0.15) is 0 Å². The number of hydrogen-bond acceptors (Lipinski definition) is 2. The van der Waals surface area contributed by atoms with Crippen molar-refractivity contribution in [3.05, 3.63) is 0 Å². The van der Waals surface area contributed by atoms with Gasteiger partial charge in [0.2, 0.25) is 5.91 Å². The average Bonchev–Trinajstić information content (AvgIpc) is 2.56. The fraction of sp³-hybridized carbons (Fsp3) is 0.900. The van der Waals surface area contributed by atoms with Gasteiger partial charge in [-0.05, 0) is 19.3 Å². The first-order valence-corrected chi connectivity index (χ1v) is 10.2. The quantitative estimate of drug-likeness (QED) is 0.445. The highest BCUT2D eigenvalue weighted by molar-refractivity contribution is 5.84. The number of carboxylic acids is 1. The summed E-state index contributed by atoms with van der Waals surface area (Å²) < 4.78 is 0. The fourth-order valence-electron chi connectivity index (χ4n) is 3.58. The topological polar surface area (TPSA) is 57.6 Å². The van der Waals surface area contributed by atoms with Gasteiger partial charge in [0.05, 0.1) is 0 Å². The standard InChI is InChI=1S/C20H37NO3/c1-2-3-4-5-6-7-8-9-10-11-12-13-17-21-18(20(23)24)15-14-16-19(21)22/h18H,2-17H2,1H3,(H,23,24). The van der Waals surface area contributed by atoms with Gasteiger partial charge in [-0.1, -0.05) is 77.6 Å². The fourth-order valence-corrected chi connectivity index (χ4v) is 3.58. The predicted octanol–water partition coefficient (Wildman–Crippen LogP) is 5.15. The third-order valence-corrected chi connectivity index (χ3v) is 5.10. The highest BCUT2D eigenvalue weighted by Crippen LogP contribution is 2.19. The van der Waals surface area contributed by atoms with E-state index in [2.05, 4.69) is 6.92 Å². The van der Waals surface area contributed by atoms with E-state index in [9.17, 15) is 14.7 Å². The van der Waals surface area contributed by atoms with Crippen molar-refractivity contribution in [3.63, 3.8) is 0 Å². The molecule has 1 aliphatic rings. The third kappa shape index (κ3) is 8.70. The first-order valence-electron chi connectivity index (χ1n) is 10.2. The Morgan fingerprint density at radius 3 is 1.96 bits per heavy atom. The van der Waals surface area contributed by atoms with Crippen LogP contribution in [0.5, 0.6) is 0 Å². The Balaban J connectivity index is 1.97. The molecule has 1 heterocycles. The van der Waals surface area contributed by atoms with Crippen LogP contribution in [0.15, 0.2) is 0 Å². The van der Waals surface area contributed by atoms with Gasteiger partial charge in [-0.15, -0.1) is 0 Å². The molecule has 0 spiro atoms. The number of hydrogen-bond donors (Lipinski definition) is 1. The summed E-state index contributed by atoms with van der Waals surface area (Å²) in [5.74, 6) is -0.821. The molecular formula is C20H37NO3. The van der Waals surface area contributed by atoms with Crippen LogP contribution in [0.3, 0.4) is 0 Å². The second kappa shape index (κ2) is 13.3. The Morgan fingerprint density at radius 1 is 0.958 bits per heavy atom. The second-order valence-electron chi connectivity index (χ2n) is 7.22. The summed E-state index contributed by atoms with van der Waals surface area (Å²) in [7, 11) is 0. The number of carbonyl (C=O) groups is 2. The number of aliphatic carboxylic acids is 1. The van der Waals surface area contributed by atoms with E-state index in [-0.39, 0.29) is 5.91 Å². The van der Waals surface area contributed by atoms with Gasteiger partial charge in [-0.25, -0.2) is 4.79 Å². The van der Waals surface area contributed by atoms with Crippen LogP contribution in [0.2, 0.25) is 0 Å². The van der Waals surface area contributed by atoms with Crippen LogP contribution >= 0.6 is 0 Å². The average molecular weight is 340 g/mol. The van der Waals surface area contributed by atoms with Gasteiger partial charge < -0.3 is 10.0 Å². The molecule has 1 atom stereocenters. The Bertz CT molecular complexity index is 357. The lowest BCUT2D eigenvalue weighted by atomic mass is 10.0. The second-order valence-corrected chi connectivity index (χ2v) is 7.22. The molecule has 1 N–H and O–H groups in total. The molecule has 1 unspecified atom stereocenters. The van der Waals surface area contributed by atoms with Crippen molar-refractivity contribution in [2.24, 2.45) is 0 Å². The summed E-state index contributed by atoms with van der Waals surface area (Å²) in [4.78, 5) is 24.7. The number of rotatable bonds is 14. The molecule has 0 bridgehead atoms. The Kier molecular flexibility index (Phi) is 11.6. The van der Waals surface area contributed by atoms with Gasteiger partial charge >= 0.3 is 5.97 Å². The van der Waals surface area contributed by atoms with Crippen LogP contribution < -0.4 is 0 Å². The van der Waals surface area contributed by atoms with Crippen LogP contribution in [0.1, 0.15) is 103 Å². The normalized spacial score (nSPS) is 18.1. The molecule has 0 aromatic rings. The molecule has 1 saturated heterocycles. The van der Waals surface area contributed by atoms with Gasteiger partial charge in [-0.3, -0.25) is 4.79 Å². The number of carboxylic acid groups (broad SMARTS) is 1. The highest BCUT2D eigenvalue weighted by Gasteiger charge is 2.32. The molecule has 1 rings (SSSR count). The minimum absolute atomic E-state index is 0.0247. The minimum atomic E-state index is -0.845. The lowest BCUT2D eigenvalue weighted by Crippen LogP contribution is -2.48. The van der Waals surface area contributed by atoms with Crippen LogP contribution in [-0.2, 0) is 9.59 Å². The van der Waals surface area contributed by atoms with E-state index in [1.165, 1.54) is 64.2 Å². The summed E-state index contributed by atoms with van der Waals surface area (Å²) in [5, 5.41) is 9.22. The SMILES string of the molecule is CCCCCCCCCCCCCCN1C(=O)CCCC1C(=O)O. The maximum absolute atomic E-state index is 11.9. The zero-order valence-corrected chi connectivity index (χ0v) is 15.6. The van der Waals surface area contributed by atoms with Crippen LogP contribution in [0, 0.1) is 0 Å². The maximum Gasteiger partial charge on any atom is 0.326 e. The largest absolute Gasteiger partial charge is 0.480 e. The molecule has 0 aromatic carbocycles. The van der Waals surface area contributed by atoms with E-state index in [4.69, 9.17) is 0 Å². The first kappa shape index (κ1) is 21.0. The van der Waals surface area contributed by atoms with E-state index >= 15 is 0 Å². The number of nitrogens with zero attached hydrogens (tertiary/aromatic N) is 1. The van der Waals surface area contributed by atoms with Crippen molar-refractivity contribution in [3.8, 4) is 0 Å². The molecule has 1 aliphatic heterocycles. The van der Waals surface area contributed by atoms with Gasteiger partial charge in [0, 0.05) is 13.0 Å². The van der Waals surface area contributed by atoms with E-state index in [1.807, 2.05) is 0 Å².